The van der Waals surface area contributed by atoms with Crippen LogP contribution in [-0.2, 0) is 9.53 Å². The molecule has 3 rings (SSSR count). The molecule has 1 aliphatic heterocycles. The van der Waals surface area contributed by atoms with Gasteiger partial charge in [0.25, 0.3) is 0 Å². The van der Waals surface area contributed by atoms with Crippen LogP contribution in [0.5, 0.6) is 0 Å². The number of carbonyl (C=O) groups is 1. The molecule has 1 aromatic rings. The smallest absolute Gasteiger partial charge is 0.228 e. The predicted molar refractivity (Wildman–Crippen MR) is 68.4 cm³/mol. The van der Waals surface area contributed by atoms with E-state index in [1.54, 1.807) is 12.7 Å². The molecule has 1 saturated carbocycles. The number of carbonyl (C=O) groups excluding carboxylic acids is 1. The van der Waals surface area contributed by atoms with Gasteiger partial charge < -0.3 is 9.64 Å². The van der Waals surface area contributed by atoms with Crippen LogP contribution < -0.4 is 0 Å². The first-order valence-electron chi connectivity index (χ1n) is 7.04. The molecule has 0 aromatic carbocycles. The minimum atomic E-state index is 0.0921. The number of amides is 1. The summed E-state index contributed by atoms with van der Waals surface area (Å²) in [4.78, 5) is 18.3. The molecule has 1 amide bonds. The summed E-state index contributed by atoms with van der Waals surface area (Å²) in [5.41, 5.74) is 0. The van der Waals surface area contributed by atoms with Crippen LogP contribution in [0.4, 0.5) is 0 Å². The molecule has 0 bridgehead atoms. The normalized spacial score (nSPS) is 30.4. The van der Waals surface area contributed by atoms with Gasteiger partial charge in [-0.3, -0.25) is 4.79 Å². The number of aromatic nitrogens is 3. The molecule has 2 fully saturated rings. The monoisotopic (exact) mass is 264 g/mol. The molecule has 1 saturated heterocycles. The topological polar surface area (TPSA) is 60.2 Å². The molecule has 104 valence electrons. The van der Waals surface area contributed by atoms with Crippen molar-refractivity contribution in [2.75, 3.05) is 19.7 Å². The standard InChI is InChI=1S/C13H20N4O2/c1-2-19-12-6-11(12)13(18)16-5-3-4-10(7-16)17-9-14-8-15-17/h8-12H,2-7H2,1H3/t10-,11-,12-/m1/s1. The highest BCUT2D eigenvalue weighted by Crippen LogP contribution is 2.36. The maximum atomic E-state index is 12.4. The Morgan fingerprint density at radius 2 is 2.42 bits per heavy atom. The molecular formula is C13H20N4O2. The minimum absolute atomic E-state index is 0.0921. The van der Waals surface area contributed by atoms with Crippen molar-refractivity contribution in [1.82, 2.24) is 19.7 Å². The van der Waals surface area contributed by atoms with Crippen LogP contribution in [0.25, 0.3) is 0 Å². The number of hydrogen-bond acceptors (Lipinski definition) is 4. The van der Waals surface area contributed by atoms with Gasteiger partial charge in [0, 0.05) is 19.7 Å². The zero-order valence-corrected chi connectivity index (χ0v) is 11.2. The molecule has 6 heteroatoms. The predicted octanol–water partition coefficient (Wildman–Crippen LogP) is 0.867. The fraction of sp³-hybridized carbons (Fsp3) is 0.769. The first-order chi connectivity index (χ1) is 9.29. The van der Waals surface area contributed by atoms with E-state index in [1.165, 1.54) is 0 Å². The van der Waals surface area contributed by atoms with E-state index in [0.717, 1.165) is 32.4 Å². The summed E-state index contributed by atoms with van der Waals surface area (Å²) in [7, 11) is 0. The van der Waals surface area contributed by atoms with E-state index in [4.69, 9.17) is 4.74 Å². The van der Waals surface area contributed by atoms with Crippen LogP contribution in [-0.4, -0.2) is 51.4 Å². The Labute approximate surface area is 112 Å². The lowest BCUT2D eigenvalue weighted by molar-refractivity contribution is -0.135. The molecule has 19 heavy (non-hydrogen) atoms. The van der Waals surface area contributed by atoms with Gasteiger partial charge in [0.1, 0.15) is 12.7 Å². The number of ether oxygens (including phenoxy) is 1. The number of nitrogens with zero attached hydrogens (tertiary/aromatic N) is 4. The van der Waals surface area contributed by atoms with Crippen LogP contribution in [0.15, 0.2) is 12.7 Å². The van der Waals surface area contributed by atoms with Crippen molar-refractivity contribution in [1.29, 1.82) is 0 Å². The third-order valence-corrected chi connectivity index (χ3v) is 3.95. The Balaban J connectivity index is 1.58. The highest BCUT2D eigenvalue weighted by Gasteiger charge is 2.46. The van der Waals surface area contributed by atoms with Crippen LogP contribution in [0.3, 0.4) is 0 Å². The first-order valence-corrected chi connectivity index (χ1v) is 7.04. The fourth-order valence-corrected chi connectivity index (χ4v) is 2.84. The number of hydrogen-bond donors (Lipinski definition) is 0. The fourth-order valence-electron chi connectivity index (χ4n) is 2.84. The van der Waals surface area contributed by atoms with Crippen LogP contribution in [0, 0.1) is 5.92 Å². The third-order valence-electron chi connectivity index (χ3n) is 3.95. The van der Waals surface area contributed by atoms with E-state index in [9.17, 15) is 4.79 Å². The molecule has 6 nitrogen and oxygen atoms in total. The highest BCUT2D eigenvalue weighted by molar-refractivity contribution is 5.82. The number of rotatable bonds is 4. The van der Waals surface area contributed by atoms with Crippen LogP contribution in [0.1, 0.15) is 32.2 Å². The van der Waals surface area contributed by atoms with Gasteiger partial charge in [-0.15, -0.1) is 0 Å². The summed E-state index contributed by atoms with van der Waals surface area (Å²) in [5.74, 6) is 0.345. The molecule has 0 radical (unpaired) electrons. The lowest BCUT2D eigenvalue weighted by Crippen LogP contribution is -2.42. The first kappa shape index (κ1) is 12.6. The Kier molecular flexibility index (Phi) is 3.50. The van der Waals surface area contributed by atoms with Gasteiger partial charge in [-0.05, 0) is 26.2 Å². The summed E-state index contributed by atoms with van der Waals surface area (Å²) in [6.07, 6.45) is 6.42. The van der Waals surface area contributed by atoms with Gasteiger partial charge in [0.2, 0.25) is 5.91 Å². The Morgan fingerprint density at radius 1 is 1.53 bits per heavy atom. The summed E-state index contributed by atoms with van der Waals surface area (Å²) in [6, 6.07) is 0.268. The van der Waals surface area contributed by atoms with Gasteiger partial charge in [-0.2, -0.15) is 5.10 Å². The average molecular weight is 264 g/mol. The summed E-state index contributed by atoms with van der Waals surface area (Å²) < 4.78 is 7.37. The zero-order chi connectivity index (χ0) is 13.2. The largest absolute Gasteiger partial charge is 0.378 e. The van der Waals surface area contributed by atoms with E-state index in [-0.39, 0.29) is 24.0 Å². The second kappa shape index (κ2) is 5.28. The third kappa shape index (κ3) is 2.63. The molecule has 1 aliphatic carbocycles. The number of likely N-dealkylation sites (tertiary alicyclic amines) is 1. The lowest BCUT2D eigenvalue weighted by Gasteiger charge is -2.32. The molecule has 0 N–H and O–H groups in total. The van der Waals surface area contributed by atoms with E-state index in [1.807, 2.05) is 16.5 Å². The quantitative estimate of drug-likeness (QED) is 0.809. The molecule has 1 aromatic heterocycles. The van der Waals surface area contributed by atoms with Crippen molar-refractivity contribution in [2.24, 2.45) is 5.92 Å². The molecule has 0 spiro atoms. The van der Waals surface area contributed by atoms with Crippen molar-refractivity contribution in [3.8, 4) is 0 Å². The van der Waals surface area contributed by atoms with Crippen molar-refractivity contribution < 1.29 is 9.53 Å². The second-order valence-corrected chi connectivity index (χ2v) is 5.29. The van der Waals surface area contributed by atoms with E-state index in [0.29, 0.717) is 6.61 Å². The highest BCUT2D eigenvalue weighted by atomic mass is 16.5. The molecule has 2 aliphatic rings. The Hall–Kier alpha value is -1.43. The summed E-state index contributed by atoms with van der Waals surface area (Å²) in [5, 5.41) is 4.18. The van der Waals surface area contributed by atoms with E-state index >= 15 is 0 Å². The maximum Gasteiger partial charge on any atom is 0.228 e. The van der Waals surface area contributed by atoms with E-state index in [2.05, 4.69) is 10.1 Å². The van der Waals surface area contributed by atoms with Crippen LogP contribution in [0.2, 0.25) is 0 Å². The van der Waals surface area contributed by atoms with Crippen molar-refractivity contribution in [3.05, 3.63) is 12.7 Å². The second-order valence-electron chi connectivity index (χ2n) is 5.29. The van der Waals surface area contributed by atoms with Gasteiger partial charge in [0.05, 0.1) is 18.1 Å². The molecule has 0 unspecified atom stereocenters. The Morgan fingerprint density at radius 3 is 3.16 bits per heavy atom. The van der Waals surface area contributed by atoms with E-state index < -0.39 is 0 Å². The number of piperidine rings is 1. The van der Waals surface area contributed by atoms with Crippen molar-refractivity contribution in [3.63, 3.8) is 0 Å². The summed E-state index contributed by atoms with van der Waals surface area (Å²) >= 11 is 0. The maximum absolute atomic E-state index is 12.4. The van der Waals surface area contributed by atoms with Gasteiger partial charge in [0.15, 0.2) is 0 Å². The minimum Gasteiger partial charge on any atom is -0.378 e. The van der Waals surface area contributed by atoms with Gasteiger partial charge in [-0.1, -0.05) is 0 Å². The molecule has 2 heterocycles. The zero-order valence-electron chi connectivity index (χ0n) is 11.2. The summed E-state index contributed by atoms with van der Waals surface area (Å²) in [6.45, 7) is 4.27. The van der Waals surface area contributed by atoms with Crippen molar-refractivity contribution >= 4 is 5.91 Å². The van der Waals surface area contributed by atoms with Crippen LogP contribution >= 0.6 is 0 Å². The van der Waals surface area contributed by atoms with Crippen molar-refractivity contribution in [2.45, 2.75) is 38.3 Å². The lowest BCUT2D eigenvalue weighted by atomic mass is 10.1. The molecular weight excluding hydrogens is 244 g/mol. The Bertz CT molecular complexity index is 434. The molecule has 3 atom stereocenters. The SMILES string of the molecule is CCO[C@@H]1C[C@H]1C(=O)N1CCC[C@@H](n2cncn2)C1. The van der Waals surface area contributed by atoms with Gasteiger partial charge >= 0.3 is 0 Å². The van der Waals surface area contributed by atoms with Gasteiger partial charge in [-0.25, -0.2) is 9.67 Å². The average Bonchev–Trinajstić information content (AvgIpc) is 3.00.